The van der Waals surface area contributed by atoms with Crippen LogP contribution in [0.15, 0.2) is 53.2 Å². The molecule has 0 aliphatic carbocycles. The molecule has 1 atom stereocenters. The zero-order valence-corrected chi connectivity index (χ0v) is 16.9. The Morgan fingerprint density at radius 1 is 1.17 bits per heavy atom. The third-order valence-corrected chi connectivity index (χ3v) is 5.39. The van der Waals surface area contributed by atoms with Crippen molar-refractivity contribution in [1.82, 2.24) is 9.97 Å². The lowest BCUT2D eigenvalue weighted by molar-refractivity contribution is 0.412. The number of halogens is 2. The van der Waals surface area contributed by atoms with Crippen LogP contribution in [0.4, 0.5) is 20.4 Å². The Kier molecular flexibility index (Phi) is 6.23. The molecule has 0 fully saturated rings. The molecule has 0 spiro atoms. The maximum Gasteiger partial charge on any atom is 0.214 e. The molecule has 0 amide bonds. The quantitative estimate of drug-likeness (QED) is 0.588. The van der Waals surface area contributed by atoms with E-state index in [9.17, 15) is 13.0 Å². The number of hydrogen-bond acceptors (Lipinski definition) is 7. The summed E-state index contributed by atoms with van der Waals surface area (Å²) in [4.78, 5) is 8.18. The van der Waals surface area contributed by atoms with Crippen LogP contribution >= 0.6 is 0 Å². The number of rotatable bonds is 6. The zero-order chi connectivity index (χ0) is 21.7. The topological polar surface area (TPSA) is 100 Å². The highest BCUT2D eigenvalue weighted by Gasteiger charge is 2.14. The lowest BCUT2D eigenvalue weighted by Crippen LogP contribution is -2.03. The number of hydrogen-bond donors (Lipinski definition) is 1. The normalized spacial score (nSPS) is 12.5. The molecule has 1 unspecified atom stereocenters. The van der Waals surface area contributed by atoms with Gasteiger partial charge in [-0.25, -0.2) is 23.0 Å². The summed E-state index contributed by atoms with van der Waals surface area (Å²) in [5, 5.41) is 11.6. The van der Waals surface area contributed by atoms with Crippen LogP contribution in [-0.2, 0) is 15.5 Å². The Morgan fingerprint density at radius 2 is 1.93 bits per heavy atom. The van der Waals surface area contributed by atoms with Gasteiger partial charge < -0.3 is 10.1 Å². The fourth-order valence-electron chi connectivity index (χ4n) is 2.79. The molecule has 154 valence electrons. The van der Waals surface area contributed by atoms with E-state index in [0.29, 0.717) is 22.8 Å². The van der Waals surface area contributed by atoms with Gasteiger partial charge in [0.25, 0.3) is 0 Å². The van der Waals surface area contributed by atoms with E-state index >= 15 is 0 Å². The van der Waals surface area contributed by atoms with E-state index in [1.54, 1.807) is 18.3 Å². The summed E-state index contributed by atoms with van der Waals surface area (Å²) in [7, 11) is -1.31. The minimum absolute atomic E-state index is 0.0760. The predicted octanol–water partition coefficient (Wildman–Crippen LogP) is 4.25. The van der Waals surface area contributed by atoms with Crippen molar-refractivity contribution in [2.75, 3.05) is 18.7 Å². The summed E-state index contributed by atoms with van der Waals surface area (Å²) < 4.78 is 48.7. The number of pyridine rings is 2. The average molecular weight is 429 g/mol. The molecule has 2 aromatic heterocycles. The van der Waals surface area contributed by atoms with Crippen LogP contribution in [0.25, 0.3) is 11.1 Å². The predicted molar refractivity (Wildman–Crippen MR) is 109 cm³/mol. The molecule has 0 bridgehead atoms. The molecule has 0 aliphatic heterocycles. The lowest BCUT2D eigenvalue weighted by Gasteiger charge is -2.12. The average Bonchev–Trinajstić information content (AvgIpc) is 2.69. The Morgan fingerprint density at radius 3 is 2.67 bits per heavy atom. The van der Waals surface area contributed by atoms with Crippen LogP contribution in [-0.4, -0.2) is 27.5 Å². The summed E-state index contributed by atoms with van der Waals surface area (Å²) in [6, 6.07) is 8.55. The summed E-state index contributed by atoms with van der Waals surface area (Å²) in [5.41, 5.74) is 1.19. The van der Waals surface area contributed by atoms with Crippen molar-refractivity contribution in [1.29, 1.82) is 5.26 Å². The molecular weight excluding hydrogens is 412 g/mol. The fourth-order valence-corrected chi connectivity index (χ4v) is 3.83. The van der Waals surface area contributed by atoms with Crippen LogP contribution in [0.2, 0.25) is 0 Å². The minimum atomic E-state index is -2.69. The largest absolute Gasteiger partial charge is 0.496 e. The van der Waals surface area contributed by atoms with Crippen molar-refractivity contribution in [2.24, 2.45) is 4.36 Å². The van der Waals surface area contributed by atoms with Gasteiger partial charge in [0.15, 0.2) is 0 Å². The second kappa shape index (κ2) is 8.84. The first kappa shape index (κ1) is 21.1. The number of anilines is 2. The molecule has 10 heteroatoms. The third-order valence-electron chi connectivity index (χ3n) is 4.06. The fraction of sp³-hybridized carbons (Fsp3) is 0.150. The van der Waals surface area contributed by atoms with E-state index in [4.69, 9.17) is 10.00 Å². The van der Waals surface area contributed by atoms with Gasteiger partial charge in [0.2, 0.25) is 6.19 Å². The molecule has 2 heterocycles. The molecular formula is C20H17F2N5O2S. The van der Waals surface area contributed by atoms with Crippen molar-refractivity contribution in [2.45, 2.75) is 5.75 Å². The molecule has 30 heavy (non-hydrogen) atoms. The van der Waals surface area contributed by atoms with Gasteiger partial charge in [-0.05, 0) is 35.9 Å². The number of benzene rings is 1. The van der Waals surface area contributed by atoms with Crippen LogP contribution in [0.5, 0.6) is 5.75 Å². The maximum absolute atomic E-state index is 14.4. The van der Waals surface area contributed by atoms with Crippen LogP contribution in [0.1, 0.15) is 5.56 Å². The van der Waals surface area contributed by atoms with Gasteiger partial charge in [-0.15, -0.1) is 4.36 Å². The summed E-state index contributed by atoms with van der Waals surface area (Å²) in [5.74, 6) is -0.162. The van der Waals surface area contributed by atoms with E-state index in [1.165, 1.54) is 43.8 Å². The Hall–Kier alpha value is -3.58. The number of aromatic nitrogens is 2. The van der Waals surface area contributed by atoms with Gasteiger partial charge in [-0.1, -0.05) is 0 Å². The number of ether oxygens (including phenoxy) is 1. The van der Waals surface area contributed by atoms with Gasteiger partial charge in [-0.3, -0.25) is 0 Å². The summed E-state index contributed by atoms with van der Waals surface area (Å²) in [6.45, 7) is 0. The number of nitrogens with one attached hydrogen (secondary N) is 1. The van der Waals surface area contributed by atoms with Gasteiger partial charge in [0, 0.05) is 29.6 Å². The van der Waals surface area contributed by atoms with E-state index in [1.807, 2.05) is 0 Å². The van der Waals surface area contributed by atoms with E-state index < -0.39 is 21.4 Å². The summed E-state index contributed by atoms with van der Waals surface area (Å²) >= 11 is 0. The highest BCUT2D eigenvalue weighted by atomic mass is 32.2. The maximum atomic E-state index is 14.4. The molecule has 3 aromatic rings. The SMILES string of the molecule is COc1cc(F)ccc1-c1cc(Nc2cc(CS(C)(=O)=NC#N)ccn2)ncc1F. The first-order chi connectivity index (χ1) is 14.3. The van der Waals surface area contributed by atoms with Crippen LogP contribution in [0.3, 0.4) is 0 Å². The standard InChI is InChI=1S/C20H17F2N5O2S/c1-29-18-8-14(21)3-4-15(18)16-9-20(25-10-17(16)22)27-19-7-13(5-6-24-19)11-30(2,28)26-12-23/h3-10H,11H2,1-2H3,(H,24,25,27). The number of nitriles is 1. The van der Waals surface area contributed by atoms with E-state index in [2.05, 4.69) is 19.6 Å². The monoisotopic (exact) mass is 429 g/mol. The molecule has 0 aliphatic rings. The minimum Gasteiger partial charge on any atom is -0.496 e. The molecule has 1 N–H and O–H groups in total. The zero-order valence-electron chi connectivity index (χ0n) is 16.1. The van der Waals surface area contributed by atoms with Crippen molar-refractivity contribution in [3.8, 4) is 23.1 Å². The molecule has 7 nitrogen and oxygen atoms in total. The van der Waals surface area contributed by atoms with Gasteiger partial charge in [-0.2, -0.15) is 5.26 Å². The van der Waals surface area contributed by atoms with E-state index in [0.717, 1.165) is 6.20 Å². The Labute approximate surface area is 172 Å². The highest BCUT2D eigenvalue weighted by Crippen LogP contribution is 2.33. The molecule has 0 saturated carbocycles. The third kappa shape index (κ3) is 5.07. The first-order valence-electron chi connectivity index (χ1n) is 8.60. The van der Waals surface area contributed by atoms with Crippen molar-refractivity contribution in [3.05, 3.63) is 66.0 Å². The second-order valence-electron chi connectivity index (χ2n) is 6.36. The van der Waals surface area contributed by atoms with Crippen LogP contribution in [0, 0.1) is 23.1 Å². The lowest BCUT2D eigenvalue weighted by atomic mass is 10.0. The smallest absolute Gasteiger partial charge is 0.214 e. The summed E-state index contributed by atoms with van der Waals surface area (Å²) in [6.07, 6.45) is 5.50. The number of nitrogens with zero attached hydrogens (tertiary/aromatic N) is 4. The van der Waals surface area contributed by atoms with Gasteiger partial charge in [0.1, 0.15) is 29.0 Å². The molecule has 3 rings (SSSR count). The van der Waals surface area contributed by atoms with E-state index in [-0.39, 0.29) is 17.1 Å². The van der Waals surface area contributed by atoms with Gasteiger partial charge in [0.05, 0.1) is 28.8 Å². The Balaban J connectivity index is 1.92. The number of methoxy groups -OCH3 is 1. The first-order valence-corrected chi connectivity index (χ1v) is 10.7. The molecule has 0 saturated heterocycles. The van der Waals surface area contributed by atoms with Crippen molar-refractivity contribution < 1.29 is 17.7 Å². The molecule has 0 radical (unpaired) electrons. The highest BCUT2D eigenvalue weighted by molar-refractivity contribution is 7.92. The Bertz CT molecular complexity index is 1250. The second-order valence-corrected chi connectivity index (χ2v) is 8.75. The van der Waals surface area contributed by atoms with Crippen LogP contribution < -0.4 is 10.1 Å². The molecule has 1 aromatic carbocycles. The van der Waals surface area contributed by atoms with Gasteiger partial charge >= 0.3 is 0 Å². The van der Waals surface area contributed by atoms with Crippen molar-refractivity contribution in [3.63, 3.8) is 0 Å². The van der Waals surface area contributed by atoms with Crippen molar-refractivity contribution >= 4 is 21.4 Å².